The summed E-state index contributed by atoms with van der Waals surface area (Å²) in [7, 11) is 0. The van der Waals surface area contributed by atoms with Gasteiger partial charge >= 0.3 is 0 Å². The number of nitrogens with one attached hydrogen (secondary N) is 1. The second kappa shape index (κ2) is 6.94. The minimum Gasteiger partial charge on any atom is -0.502 e. The molecule has 3 aromatic rings. The van der Waals surface area contributed by atoms with Crippen molar-refractivity contribution in [2.24, 2.45) is 0 Å². The lowest BCUT2D eigenvalue weighted by atomic mass is 10.4. The first-order valence-corrected chi connectivity index (χ1v) is 8.92. The Morgan fingerprint density at radius 2 is 2.30 bits per heavy atom. The Kier molecular flexibility index (Phi) is 4.74. The lowest BCUT2D eigenvalue weighted by Gasteiger charge is -1.97. The second-order valence-electron chi connectivity index (χ2n) is 4.19. The molecule has 0 aliphatic rings. The maximum absolute atomic E-state index is 11.9. The predicted octanol–water partition coefficient (Wildman–Crippen LogP) is 2.80. The minimum atomic E-state index is -0.493. The van der Waals surface area contributed by atoms with Crippen molar-refractivity contribution in [1.82, 2.24) is 10.2 Å². The second-order valence-corrected chi connectivity index (χ2v) is 7.34. The van der Waals surface area contributed by atoms with Gasteiger partial charge in [0.1, 0.15) is 12.0 Å². The molecule has 7 nitrogen and oxygen atoms in total. The Balaban J connectivity index is 1.60. The number of hydrogen-bond acceptors (Lipinski definition) is 9. The van der Waals surface area contributed by atoms with Crippen LogP contribution in [0.15, 0.2) is 43.4 Å². The third-order valence-corrected chi connectivity index (χ3v) is 5.44. The predicted molar refractivity (Wildman–Crippen MR) is 88.4 cm³/mol. The molecule has 0 atom stereocenters. The molecule has 3 heterocycles. The number of anilines is 1. The number of amides is 1. The summed E-state index contributed by atoms with van der Waals surface area (Å²) in [6.07, 6.45) is 1.00. The van der Waals surface area contributed by atoms with Crippen LogP contribution in [0.25, 0.3) is 0 Å². The quantitative estimate of drug-likeness (QED) is 0.527. The largest absolute Gasteiger partial charge is 0.502 e. The van der Waals surface area contributed by atoms with E-state index in [9.17, 15) is 9.59 Å². The number of aromatic nitrogens is 2. The Morgan fingerprint density at radius 1 is 1.43 bits per heavy atom. The van der Waals surface area contributed by atoms with Crippen molar-refractivity contribution in [2.75, 3.05) is 5.32 Å². The topological polar surface area (TPSA) is 105 Å². The van der Waals surface area contributed by atoms with Crippen molar-refractivity contribution in [3.05, 3.63) is 50.7 Å². The highest BCUT2D eigenvalue weighted by atomic mass is 32.2. The highest BCUT2D eigenvalue weighted by Gasteiger charge is 2.12. The Bertz CT molecular complexity index is 873. The number of thiophene rings is 1. The fourth-order valence-electron chi connectivity index (χ4n) is 1.54. The molecule has 0 aliphatic heterocycles. The van der Waals surface area contributed by atoms with Gasteiger partial charge in [-0.15, -0.1) is 21.5 Å². The van der Waals surface area contributed by atoms with Crippen LogP contribution in [0, 0.1) is 0 Å². The zero-order valence-electron chi connectivity index (χ0n) is 11.4. The zero-order chi connectivity index (χ0) is 16.2. The Hall–Kier alpha value is -2.17. The molecule has 2 N–H and O–H groups in total. The fraction of sp³-hybridized carbons (Fsp3) is 0.0769. The van der Waals surface area contributed by atoms with Crippen LogP contribution in [0.1, 0.15) is 15.4 Å². The van der Waals surface area contributed by atoms with Crippen LogP contribution >= 0.6 is 34.4 Å². The van der Waals surface area contributed by atoms with Crippen molar-refractivity contribution < 1.29 is 14.3 Å². The normalized spacial score (nSPS) is 10.6. The summed E-state index contributed by atoms with van der Waals surface area (Å²) in [5.41, 5.74) is -0.493. The molecule has 0 unspecified atom stereocenters. The first-order chi connectivity index (χ1) is 11.1. The Labute approximate surface area is 142 Å². The number of rotatable bonds is 5. The molecule has 0 spiro atoms. The van der Waals surface area contributed by atoms with Gasteiger partial charge in [-0.2, -0.15) is 0 Å². The van der Waals surface area contributed by atoms with Crippen LogP contribution in [0.4, 0.5) is 5.13 Å². The summed E-state index contributed by atoms with van der Waals surface area (Å²) in [5, 5.41) is 21.9. The zero-order valence-corrected chi connectivity index (χ0v) is 13.8. The summed E-state index contributed by atoms with van der Waals surface area (Å²) < 4.78 is 5.73. The van der Waals surface area contributed by atoms with E-state index in [0.29, 0.717) is 25.9 Å². The number of carbonyl (C=O) groups excluding carboxylic acids is 1. The summed E-state index contributed by atoms with van der Waals surface area (Å²) >= 11 is 3.89. The lowest BCUT2D eigenvalue weighted by molar-refractivity contribution is 0.103. The SMILES string of the molecule is O=C(Nc1nnc(SCc2cc(=O)c(O)co2)s1)c1cccs1. The van der Waals surface area contributed by atoms with Crippen molar-refractivity contribution in [2.45, 2.75) is 10.1 Å². The maximum atomic E-state index is 11.9. The third kappa shape index (κ3) is 3.97. The van der Waals surface area contributed by atoms with E-state index in [1.54, 1.807) is 12.1 Å². The van der Waals surface area contributed by atoms with Gasteiger partial charge in [0.25, 0.3) is 5.91 Å². The van der Waals surface area contributed by atoms with Crippen LogP contribution < -0.4 is 10.7 Å². The molecular weight excluding hydrogens is 358 g/mol. The van der Waals surface area contributed by atoms with Crippen LogP contribution in [0.2, 0.25) is 0 Å². The molecule has 0 bridgehead atoms. The molecule has 3 rings (SSSR count). The lowest BCUT2D eigenvalue weighted by Crippen LogP contribution is -2.09. The fourth-order valence-corrected chi connectivity index (χ4v) is 3.79. The summed E-state index contributed by atoms with van der Waals surface area (Å²) in [6, 6.07) is 4.75. The smallest absolute Gasteiger partial charge is 0.267 e. The van der Waals surface area contributed by atoms with E-state index in [1.165, 1.54) is 40.5 Å². The third-order valence-electron chi connectivity index (χ3n) is 2.58. The first kappa shape index (κ1) is 15.7. The molecule has 10 heteroatoms. The summed E-state index contributed by atoms with van der Waals surface area (Å²) in [6.45, 7) is 0. The number of nitrogens with zero attached hydrogens (tertiary/aromatic N) is 2. The van der Waals surface area contributed by atoms with Crippen LogP contribution in [-0.4, -0.2) is 21.2 Å². The molecule has 0 fully saturated rings. The average molecular weight is 367 g/mol. The summed E-state index contributed by atoms with van der Waals surface area (Å²) in [5.74, 6) is 0.130. The molecular formula is C13H9N3O4S3. The summed E-state index contributed by atoms with van der Waals surface area (Å²) in [4.78, 5) is 23.8. The van der Waals surface area contributed by atoms with Crippen molar-refractivity contribution in [3.63, 3.8) is 0 Å². The number of aromatic hydroxyl groups is 1. The van der Waals surface area contributed by atoms with Gasteiger partial charge in [0, 0.05) is 6.07 Å². The number of carbonyl (C=O) groups is 1. The van der Waals surface area contributed by atoms with Gasteiger partial charge in [-0.05, 0) is 11.4 Å². The molecule has 23 heavy (non-hydrogen) atoms. The standard InChI is InChI=1S/C13H9N3O4S3/c17-8-4-7(20-5-9(8)18)6-22-13-16-15-12(23-13)14-11(19)10-2-1-3-21-10/h1-5,18H,6H2,(H,14,15,19). The van der Waals surface area contributed by atoms with Crippen LogP contribution in [0.5, 0.6) is 5.75 Å². The molecule has 0 saturated heterocycles. The van der Waals surface area contributed by atoms with E-state index in [0.717, 1.165) is 6.26 Å². The number of hydrogen-bond donors (Lipinski definition) is 2. The molecule has 0 saturated carbocycles. The van der Waals surface area contributed by atoms with Crippen LogP contribution in [0.3, 0.4) is 0 Å². The average Bonchev–Trinajstić information content (AvgIpc) is 3.20. The van der Waals surface area contributed by atoms with Gasteiger partial charge < -0.3 is 9.52 Å². The highest BCUT2D eigenvalue weighted by molar-refractivity contribution is 8.00. The van der Waals surface area contributed by atoms with Gasteiger partial charge in [-0.1, -0.05) is 29.2 Å². The van der Waals surface area contributed by atoms with E-state index in [4.69, 9.17) is 9.52 Å². The van der Waals surface area contributed by atoms with E-state index in [-0.39, 0.29) is 5.91 Å². The van der Waals surface area contributed by atoms with E-state index in [1.807, 2.05) is 5.38 Å². The van der Waals surface area contributed by atoms with E-state index < -0.39 is 11.2 Å². The molecule has 0 aromatic carbocycles. The monoisotopic (exact) mass is 367 g/mol. The number of thioether (sulfide) groups is 1. The van der Waals surface area contributed by atoms with Crippen LogP contribution in [-0.2, 0) is 5.75 Å². The van der Waals surface area contributed by atoms with Crippen molar-refractivity contribution in [1.29, 1.82) is 0 Å². The van der Waals surface area contributed by atoms with Crippen molar-refractivity contribution in [3.8, 4) is 5.75 Å². The first-order valence-electron chi connectivity index (χ1n) is 6.23. The molecule has 118 valence electrons. The van der Waals surface area contributed by atoms with Gasteiger partial charge in [0.05, 0.1) is 10.6 Å². The van der Waals surface area contributed by atoms with E-state index >= 15 is 0 Å². The van der Waals surface area contributed by atoms with Gasteiger partial charge in [-0.25, -0.2) is 0 Å². The van der Waals surface area contributed by atoms with Crippen molar-refractivity contribution >= 4 is 45.5 Å². The Morgan fingerprint density at radius 3 is 3.04 bits per heavy atom. The molecule has 0 aliphatic carbocycles. The maximum Gasteiger partial charge on any atom is 0.267 e. The van der Waals surface area contributed by atoms with Gasteiger partial charge in [-0.3, -0.25) is 14.9 Å². The molecule has 3 aromatic heterocycles. The molecule has 1 amide bonds. The van der Waals surface area contributed by atoms with Gasteiger partial charge in [0.2, 0.25) is 10.6 Å². The minimum absolute atomic E-state index is 0.225. The molecule has 0 radical (unpaired) electrons. The van der Waals surface area contributed by atoms with Gasteiger partial charge in [0.15, 0.2) is 10.1 Å². The van der Waals surface area contributed by atoms with E-state index in [2.05, 4.69) is 15.5 Å². The highest BCUT2D eigenvalue weighted by Crippen LogP contribution is 2.28.